The van der Waals surface area contributed by atoms with Crippen LogP contribution in [0.3, 0.4) is 0 Å². The van der Waals surface area contributed by atoms with Gasteiger partial charge in [0, 0.05) is 49.9 Å². The first-order valence-electron chi connectivity index (χ1n) is 13.0. The van der Waals surface area contributed by atoms with Crippen LogP contribution in [0.5, 0.6) is 0 Å². The first-order chi connectivity index (χ1) is 17.1. The Bertz CT molecular complexity index is 1170. The Balaban J connectivity index is 1.24. The van der Waals surface area contributed by atoms with E-state index in [1.165, 1.54) is 6.42 Å². The normalized spacial score (nSPS) is 17.6. The molecule has 0 unspecified atom stereocenters. The molecule has 5 rings (SSSR count). The lowest BCUT2D eigenvalue weighted by atomic mass is 9.88. The molecular weight excluding hydrogens is 438 g/mol. The minimum atomic E-state index is 0.105. The lowest BCUT2D eigenvalue weighted by Crippen LogP contribution is -2.48. The SMILES string of the molecule is CCn1c(CN2CCN(C(=O)c3ccccc3)CC2)nc2cc(NC(=O)C3CCCCC3)ccc21. The number of fused-ring (bicyclic) bond motifs is 1. The van der Waals surface area contributed by atoms with Gasteiger partial charge >= 0.3 is 0 Å². The van der Waals surface area contributed by atoms with Gasteiger partial charge in [-0.2, -0.15) is 0 Å². The summed E-state index contributed by atoms with van der Waals surface area (Å²) in [6, 6.07) is 15.6. The third kappa shape index (κ3) is 5.25. The number of hydrogen-bond donors (Lipinski definition) is 1. The molecule has 184 valence electrons. The molecule has 1 aliphatic carbocycles. The maximum atomic E-state index is 12.8. The molecule has 0 radical (unpaired) electrons. The van der Waals surface area contributed by atoms with E-state index in [2.05, 4.69) is 27.8 Å². The van der Waals surface area contributed by atoms with Crippen LogP contribution < -0.4 is 5.32 Å². The van der Waals surface area contributed by atoms with Crippen molar-refractivity contribution in [3.63, 3.8) is 0 Å². The van der Waals surface area contributed by atoms with Gasteiger partial charge in [0.15, 0.2) is 0 Å². The van der Waals surface area contributed by atoms with Gasteiger partial charge in [-0.15, -0.1) is 0 Å². The molecule has 1 aromatic heterocycles. The fraction of sp³-hybridized carbons (Fsp3) is 0.464. The van der Waals surface area contributed by atoms with Gasteiger partial charge in [0.25, 0.3) is 5.91 Å². The van der Waals surface area contributed by atoms with Crippen LogP contribution >= 0.6 is 0 Å². The lowest BCUT2D eigenvalue weighted by Gasteiger charge is -2.34. The maximum absolute atomic E-state index is 12.8. The number of nitrogens with zero attached hydrogens (tertiary/aromatic N) is 4. The Labute approximate surface area is 207 Å². The number of aromatic nitrogens is 2. The fourth-order valence-corrected chi connectivity index (χ4v) is 5.41. The van der Waals surface area contributed by atoms with Crippen molar-refractivity contribution in [3.05, 3.63) is 59.9 Å². The minimum absolute atomic E-state index is 0.105. The van der Waals surface area contributed by atoms with Crippen molar-refractivity contribution >= 4 is 28.5 Å². The highest BCUT2D eigenvalue weighted by Crippen LogP contribution is 2.26. The molecule has 35 heavy (non-hydrogen) atoms. The van der Waals surface area contributed by atoms with E-state index in [1.807, 2.05) is 47.4 Å². The number of benzene rings is 2. The van der Waals surface area contributed by atoms with Crippen molar-refractivity contribution in [3.8, 4) is 0 Å². The Morgan fingerprint density at radius 3 is 2.43 bits per heavy atom. The molecule has 7 heteroatoms. The minimum Gasteiger partial charge on any atom is -0.336 e. The molecule has 0 spiro atoms. The van der Waals surface area contributed by atoms with E-state index in [0.717, 1.165) is 93.1 Å². The number of piperazine rings is 1. The van der Waals surface area contributed by atoms with E-state index in [4.69, 9.17) is 4.98 Å². The lowest BCUT2D eigenvalue weighted by molar-refractivity contribution is -0.120. The predicted octanol–water partition coefficient (Wildman–Crippen LogP) is 4.53. The van der Waals surface area contributed by atoms with Crippen LogP contribution in [0, 0.1) is 5.92 Å². The number of nitrogens with one attached hydrogen (secondary N) is 1. The third-order valence-corrected chi connectivity index (χ3v) is 7.43. The molecule has 0 atom stereocenters. The zero-order valence-corrected chi connectivity index (χ0v) is 20.6. The van der Waals surface area contributed by atoms with Gasteiger partial charge in [0.2, 0.25) is 5.91 Å². The molecule has 7 nitrogen and oxygen atoms in total. The van der Waals surface area contributed by atoms with Gasteiger partial charge in [-0.3, -0.25) is 14.5 Å². The van der Waals surface area contributed by atoms with Crippen molar-refractivity contribution < 1.29 is 9.59 Å². The largest absolute Gasteiger partial charge is 0.336 e. The van der Waals surface area contributed by atoms with Crippen LogP contribution in [-0.4, -0.2) is 57.3 Å². The van der Waals surface area contributed by atoms with E-state index in [1.54, 1.807) is 0 Å². The van der Waals surface area contributed by atoms with Crippen molar-refractivity contribution in [2.75, 3.05) is 31.5 Å². The highest BCUT2D eigenvalue weighted by molar-refractivity contribution is 5.95. The predicted molar refractivity (Wildman–Crippen MR) is 138 cm³/mol. The summed E-state index contributed by atoms with van der Waals surface area (Å²) in [4.78, 5) is 34.7. The topological polar surface area (TPSA) is 70.5 Å². The van der Waals surface area contributed by atoms with Crippen LogP contribution in [0.15, 0.2) is 48.5 Å². The highest BCUT2D eigenvalue weighted by atomic mass is 16.2. The number of anilines is 1. The molecule has 2 fully saturated rings. The second-order valence-electron chi connectivity index (χ2n) is 9.73. The highest BCUT2D eigenvalue weighted by Gasteiger charge is 2.24. The van der Waals surface area contributed by atoms with Gasteiger partial charge in [0.1, 0.15) is 5.82 Å². The number of amides is 2. The summed E-state index contributed by atoms with van der Waals surface area (Å²) in [5.41, 5.74) is 3.59. The van der Waals surface area contributed by atoms with E-state index in [9.17, 15) is 9.59 Å². The average Bonchev–Trinajstić information content (AvgIpc) is 3.25. The molecule has 0 bridgehead atoms. The Hall–Kier alpha value is -3.19. The van der Waals surface area contributed by atoms with E-state index in [-0.39, 0.29) is 17.7 Å². The quantitative estimate of drug-likeness (QED) is 0.571. The molecule has 2 aromatic carbocycles. The Morgan fingerprint density at radius 1 is 0.971 bits per heavy atom. The smallest absolute Gasteiger partial charge is 0.253 e. The van der Waals surface area contributed by atoms with E-state index in [0.29, 0.717) is 0 Å². The first-order valence-corrected chi connectivity index (χ1v) is 13.0. The van der Waals surface area contributed by atoms with Gasteiger partial charge in [-0.1, -0.05) is 37.5 Å². The zero-order chi connectivity index (χ0) is 24.2. The summed E-state index contributed by atoms with van der Waals surface area (Å²) < 4.78 is 2.25. The average molecular weight is 474 g/mol. The van der Waals surface area contributed by atoms with Crippen LogP contribution in [0.25, 0.3) is 11.0 Å². The number of aryl methyl sites for hydroxylation is 1. The summed E-state index contributed by atoms with van der Waals surface area (Å²) in [7, 11) is 0. The second-order valence-corrected chi connectivity index (χ2v) is 9.73. The van der Waals surface area contributed by atoms with Gasteiger partial charge < -0.3 is 14.8 Å². The maximum Gasteiger partial charge on any atom is 0.253 e. The van der Waals surface area contributed by atoms with E-state index < -0.39 is 0 Å². The summed E-state index contributed by atoms with van der Waals surface area (Å²) in [5, 5.41) is 3.12. The summed E-state index contributed by atoms with van der Waals surface area (Å²) in [6.45, 7) is 6.82. The Kier molecular flexibility index (Phi) is 7.13. The molecule has 2 heterocycles. The van der Waals surface area contributed by atoms with Crippen molar-refractivity contribution in [1.82, 2.24) is 19.4 Å². The zero-order valence-electron chi connectivity index (χ0n) is 20.6. The monoisotopic (exact) mass is 473 g/mol. The molecule has 3 aromatic rings. The number of rotatable bonds is 6. The standard InChI is InChI=1S/C28H35N5O2/c1-2-33-25-14-13-23(29-27(34)21-9-5-3-6-10-21)19-24(25)30-26(33)20-31-15-17-32(18-16-31)28(35)22-11-7-4-8-12-22/h4,7-8,11-14,19,21H,2-3,5-6,9-10,15-18,20H2,1H3,(H,29,34). The molecule has 1 N–H and O–H groups in total. The number of carbonyl (C=O) groups excluding carboxylic acids is 2. The molecule has 2 amide bonds. The number of carbonyl (C=O) groups is 2. The molecule has 1 saturated heterocycles. The van der Waals surface area contributed by atoms with Crippen molar-refractivity contribution in [1.29, 1.82) is 0 Å². The molecule has 1 saturated carbocycles. The van der Waals surface area contributed by atoms with Crippen LogP contribution in [0.2, 0.25) is 0 Å². The summed E-state index contributed by atoms with van der Waals surface area (Å²) >= 11 is 0. The molecule has 1 aliphatic heterocycles. The molecule has 2 aliphatic rings. The third-order valence-electron chi connectivity index (χ3n) is 7.43. The summed E-state index contributed by atoms with van der Waals surface area (Å²) in [5.74, 6) is 1.41. The van der Waals surface area contributed by atoms with Crippen molar-refractivity contribution in [2.45, 2.75) is 52.1 Å². The van der Waals surface area contributed by atoms with Gasteiger partial charge in [-0.05, 0) is 50.1 Å². The summed E-state index contributed by atoms with van der Waals surface area (Å²) in [6.07, 6.45) is 5.53. The molecular formula is C28H35N5O2. The van der Waals surface area contributed by atoms with Crippen LogP contribution in [0.1, 0.15) is 55.2 Å². The van der Waals surface area contributed by atoms with Crippen LogP contribution in [-0.2, 0) is 17.9 Å². The number of imidazole rings is 1. The van der Waals surface area contributed by atoms with Crippen molar-refractivity contribution in [2.24, 2.45) is 5.92 Å². The first kappa shape index (κ1) is 23.5. The van der Waals surface area contributed by atoms with E-state index >= 15 is 0 Å². The van der Waals surface area contributed by atoms with Gasteiger partial charge in [-0.25, -0.2) is 4.98 Å². The number of hydrogen-bond acceptors (Lipinski definition) is 4. The second kappa shape index (κ2) is 10.6. The fourth-order valence-electron chi connectivity index (χ4n) is 5.41. The Morgan fingerprint density at radius 2 is 1.71 bits per heavy atom. The van der Waals surface area contributed by atoms with Crippen LogP contribution in [0.4, 0.5) is 5.69 Å². The van der Waals surface area contributed by atoms with Gasteiger partial charge in [0.05, 0.1) is 17.6 Å².